The van der Waals surface area contributed by atoms with Gasteiger partial charge in [0, 0.05) is 52.2 Å². The van der Waals surface area contributed by atoms with E-state index in [0.717, 1.165) is 51.9 Å². The van der Waals surface area contributed by atoms with Crippen LogP contribution in [0.15, 0.2) is 23.5 Å². The minimum Gasteiger partial charge on any atom is -0.379 e. The lowest BCUT2D eigenvalue weighted by molar-refractivity contribution is 0.0389. The number of aryl methyl sites for hydroxylation is 1. The van der Waals surface area contributed by atoms with Gasteiger partial charge in [0.1, 0.15) is 0 Å². The van der Waals surface area contributed by atoms with Crippen molar-refractivity contribution in [2.24, 2.45) is 12.0 Å². The maximum Gasteiger partial charge on any atom is 0.191 e. The zero-order chi connectivity index (χ0) is 14.9. The summed E-state index contributed by atoms with van der Waals surface area (Å²) >= 11 is 0. The number of nitrogens with zero attached hydrogens (tertiary/aromatic N) is 3. The Kier molecular flexibility index (Phi) is 6.56. The van der Waals surface area contributed by atoms with Crippen molar-refractivity contribution in [1.29, 1.82) is 0 Å². The molecule has 6 nitrogen and oxygen atoms in total. The van der Waals surface area contributed by atoms with Gasteiger partial charge >= 0.3 is 0 Å². The van der Waals surface area contributed by atoms with Crippen LogP contribution < -0.4 is 10.6 Å². The molecule has 0 unspecified atom stereocenters. The highest BCUT2D eigenvalue weighted by Crippen LogP contribution is 2.01. The number of rotatable bonds is 6. The fourth-order valence-electron chi connectivity index (χ4n) is 2.32. The molecular weight excluding hydrogens is 266 g/mol. The molecule has 2 rings (SSSR count). The zero-order valence-electron chi connectivity index (χ0n) is 13.1. The van der Waals surface area contributed by atoms with Gasteiger partial charge in [0.05, 0.1) is 19.8 Å². The highest BCUT2D eigenvalue weighted by atomic mass is 16.5. The summed E-state index contributed by atoms with van der Waals surface area (Å²) in [5, 5.41) is 6.68. The maximum absolute atomic E-state index is 5.36. The quantitative estimate of drug-likeness (QED) is 0.589. The van der Waals surface area contributed by atoms with Crippen molar-refractivity contribution in [2.75, 3.05) is 45.9 Å². The van der Waals surface area contributed by atoms with Crippen molar-refractivity contribution in [2.45, 2.75) is 13.5 Å². The van der Waals surface area contributed by atoms with Gasteiger partial charge in [0.25, 0.3) is 0 Å². The summed E-state index contributed by atoms with van der Waals surface area (Å²) in [4.78, 5) is 7.03. The van der Waals surface area contributed by atoms with Crippen molar-refractivity contribution >= 4 is 5.96 Å². The third-order valence-electron chi connectivity index (χ3n) is 3.48. The van der Waals surface area contributed by atoms with Gasteiger partial charge in [-0.05, 0) is 18.6 Å². The third-order valence-corrected chi connectivity index (χ3v) is 3.48. The monoisotopic (exact) mass is 293 g/mol. The van der Waals surface area contributed by atoms with Crippen molar-refractivity contribution in [3.05, 3.63) is 24.0 Å². The third kappa shape index (κ3) is 5.77. The number of aliphatic imine (C=N–C) groups is 1. The summed E-state index contributed by atoms with van der Waals surface area (Å²) in [6.07, 6.45) is 4.14. The highest BCUT2D eigenvalue weighted by molar-refractivity contribution is 5.79. The number of hydrogen-bond donors (Lipinski definition) is 2. The lowest BCUT2D eigenvalue weighted by Gasteiger charge is -2.26. The van der Waals surface area contributed by atoms with E-state index in [-0.39, 0.29) is 0 Å². The standard InChI is InChI=1S/C15H27N5O/c1-3-16-15(18-12-14-4-6-19(2)13-14)17-5-7-20-8-10-21-11-9-20/h4,6,13H,3,5,7-12H2,1-2H3,(H2,16,17,18). The van der Waals surface area contributed by atoms with E-state index in [1.54, 1.807) is 0 Å². The van der Waals surface area contributed by atoms with Crippen molar-refractivity contribution in [3.63, 3.8) is 0 Å². The predicted octanol–water partition coefficient (Wildman–Crippen LogP) is 0.412. The molecule has 118 valence electrons. The molecule has 0 bridgehead atoms. The molecule has 6 heteroatoms. The minimum atomic E-state index is 0.702. The second kappa shape index (κ2) is 8.69. The normalized spacial score (nSPS) is 17.0. The van der Waals surface area contributed by atoms with Crippen LogP contribution in [0.2, 0.25) is 0 Å². The lowest BCUT2D eigenvalue weighted by atomic mass is 10.3. The molecule has 0 aromatic carbocycles. The van der Waals surface area contributed by atoms with Crippen LogP contribution in [0, 0.1) is 0 Å². The maximum atomic E-state index is 5.36. The second-order valence-electron chi connectivity index (χ2n) is 5.26. The number of morpholine rings is 1. The van der Waals surface area contributed by atoms with Crippen LogP contribution in [0.4, 0.5) is 0 Å². The van der Waals surface area contributed by atoms with E-state index < -0.39 is 0 Å². The Morgan fingerprint density at radius 3 is 2.81 bits per heavy atom. The van der Waals surface area contributed by atoms with Gasteiger partial charge in [-0.25, -0.2) is 4.99 Å². The molecule has 1 aromatic rings. The van der Waals surface area contributed by atoms with Crippen LogP contribution >= 0.6 is 0 Å². The van der Waals surface area contributed by atoms with Gasteiger partial charge in [-0.1, -0.05) is 0 Å². The Balaban J connectivity index is 1.74. The van der Waals surface area contributed by atoms with Crippen LogP contribution in [-0.4, -0.2) is 61.4 Å². The topological polar surface area (TPSA) is 53.8 Å². The summed E-state index contributed by atoms with van der Waals surface area (Å²) in [6, 6.07) is 2.10. The molecule has 0 amide bonds. The minimum absolute atomic E-state index is 0.702. The molecule has 1 saturated heterocycles. The van der Waals surface area contributed by atoms with E-state index in [1.165, 1.54) is 5.56 Å². The smallest absolute Gasteiger partial charge is 0.191 e. The summed E-state index contributed by atoms with van der Waals surface area (Å²) in [5.74, 6) is 0.884. The molecule has 1 aliphatic heterocycles. The molecule has 2 N–H and O–H groups in total. The van der Waals surface area contributed by atoms with Gasteiger partial charge in [-0.2, -0.15) is 0 Å². The molecule has 0 saturated carbocycles. The van der Waals surface area contributed by atoms with Crippen LogP contribution in [0.3, 0.4) is 0 Å². The molecule has 21 heavy (non-hydrogen) atoms. The van der Waals surface area contributed by atoms with Gasteiger partial charge in [0.2, 0.25) is 0 Å². The largest absolute Gasteiger partial charge is 0.379 e. The number of hydrogen-bond acceptors (Lipinski definition) is 3. The number of nitrogens with one attached hydrogen (secondary N) is 2. The average molecular weight is 293 g/mol. The van der Waals surface area contributed by atoms with E-state index in [4.69, 9.17) is 4.74 Å². The molecule has 0 spiro atoms. The molecule has 0 aliphatic carbocycles. The lowest BCUT2D eigenvalue weighted by Crippen LogP contribution is -2.44. The summed E-state index contributed by atoms with van der Waals surface area (Å²) < 4.78 is 7.40. The summed E-state index contributed by atoms with van der Waals surface area (Å²) in [6.45, 7) is 9.34. The Labute approximate surface area is 127 Å². The van der Waals surface area contributed by atoms with E-state index >= 15 is 0 Å². The van der Waals surface area contributed by atoms with Crippen LogP contribution in [0.1, 0.15) is 12.5 Å². The highest BCUT2D eigenvalue weighted by Gasteiger charge is 2.09. The molecular formula is C15H27N5O. The van der Waals surface area contributed by atoms with E-state index in [2.05, 4.69) is 39.7 Å². The van der Waals surface area contributed by atoms with Gasteiger partial charge in [-0.15, -0.1) is 0 Å². The number of ether oxygens (including phenoxy) is 1. The molecule has 2 heterocycles. The summed E-state index contributed by atoms with van der Waals surface area (Å²) in [5.41, 5.74) is 1.22. The molecule has 1 fully saturated rings. The van der Waals surface area contributed by atoms with E-state index in [0.29, 0.717) is 6.54 Å². The average Bonchev–Trinajstić information content (AvgIpc) is 2.91. The second-order valence-corrected chi connectivity index (χ2v) is 5.26. The molecule has 1 aliphatic rings. The van der Waals surface area contributed by atoms with Gasteiger partial charge in [0.15, 0.2) is 5.96 Å². The van der Waals surface area contributed by atoms with Crippen molar-refractivity contribution in [1.82, 2.24) is 20.1 Å². The Bertz CT molecular complexity index is 437. The van der Waals surface area contributed by atoms with E-state index in [1.807, 2.05) is 17.8 Å². The van der Waals surface area contributed by atoms with Crippen LogP contribution in [0.5, 0.6) is 0 Å². The first-order chi connectivity index (χ1) is 10.3. The SMILES string of the molecule is CCNC(=NCc1ccn(C)c1)NCCN1CCOCC1. The predicted molar refractivity (Wildman–Crippen MR) is 85.5 cm³/mol. The zero-order valence-corrected chi connectivity index (χ0v) is 13.1. The Hall–Kier alpha value is -1.53. The van der Waals surface area contributed by atoms with E-state index in [9.17, 15) is 0 Å². The Morgan fingerprint density at radius 1 is 1.33 bits per heavy atom. The molecule has 1 aromatic heterocycles. The van der Waals surface area contributed by atoms with Crippen LogP contribution in [-0.2, 0) is 18.3 Å². The number of aromatic nitrogens is 1. The van der Waals surface area contributed by atoms with Crippen molar-refractivity contribution in [3.8, 4) is 0 Å². The molecule has 0 atom stereocenters. The van der Waals surface area contributed by atoms with Gasteiger partial charge < -0.3 is 19.9 Å². The first kappa shape index (κ1) is 15.9. The summed E-state index contributed by atoms with van der Waals surface area (Å²) in [7, 11) is 2.03. The van der Waals surface area contributed by atoms with Crippen molar-refractivity contribution < 1.29 is 4.74 Å². The van der Waals surface area contributed by atoms with Crippen LogP contribution in [0.25, 0.3) is 0 Å². The molecule has 0 radical (unpaired) electrons. The Morgan fingerprint density at radius 2 is 2.14 bits per heavy atom. The first-order valence-electron chi connectivity index (χ1n) is 7.71. The number of guanidine groups is 1. The first-order valence-corrected chi connectivity index (χ1v) is 7.71. The fourth-order valence-corrected chi connectivity index (χ4v) is 2.32. The van der Waals surface area contributed by atoms with Gasteiger partial charge in [-0.3, -0.25) is 4.90 Å². The fraction of sp³-hybridized carbons (Fsp3) is 0.667.